The summed E-state index contributed by atoms with van der Waals surface area (Å²) in [6.45, 7) is 9.18. The molecular weight excluding hydrogens is 250 g/mol. The van der Waals surface area contributed by atoms with Gasteiger partial charge in [-0.2, -0.15) is 0 Å². The zero-order valence-corrected chi connectivity index (χ0v) is 12.6. The Morgan fingerprint density at radius 2 is 1.90 bits per heavy atom. The molecule has 0 radical (unpaired) electrons. The maximum atomic E-state index is 4.34. The predicted molar refractivity (Wildman–Crippen MR) is 79.5 cm³/mol. The maximum absolute atomic E-state index is 4.34. The minimum absolute atomic E-state index is 0.705. The van der Waals surface area contributed by atoms with E-state index < -0.39 is 0 Å². The maximum Gasteiger partial charge on any atom is 0.147 e. The summed E-state index contributed by atoms with van der Waals surface area (Å²) < 4.78 is 2.31. The second kappa shape index (κ2) is 6.68. The molecule has 20 heavy (non-hydrogen) atoms. The van der Waals surface area contributed by atoms with Crippen molar-refractivity contribution >= 4 is 0 Å². The Morgan fingerprint density at radius 3 is 2.75 bits per heavy atom. The van der Waals surface area contributed by atoms with Crippen LogP contribution in [0, 0.1) is 5.92 Å². The predicted octanol–water partition coefficient (Wildman–Crippen LogP) is 1.44. The van der Waals surface area contributed by atoms with Crippen LogP contribution in [0.1, 0.15) is 44.3 Å². The first-order chi connectivity index (χ1) is 9.83. The van der Waals surface area contributed by atoms with Crippen LogP contribution in [-0.2, 0) is 19.5 Å². The average Bonchev–Trinajstić information content (AvgIpc) is 3.09. The van der Waals surface area contributed by atoms with Gasteiger partial charge in [0.05, 0.1) is 6.54 Å². The van der Waals surface area contributed by atoms with Gasteiger partial charge in [-0.25, -0.2) is 0 Å². The Labute approximate surface area is 121 Å². The first-order valence-electron chi connectivity index (χ1n) is 8.17. The number of nitrogens with one attached hydrogen (secondary N) is 1. The summed E-state index contributed by atoms with van der Waals surface area (Å²) >= 11 is 0. The molecule has 1 unspecified atom stereocenters. The summed E-state index contributed by atoms with van der Waals surface area (Å²) in [6.07, 6.45) is 6.39. The Morgan fingerprint density at radius 1 is 1.10 bits per heavy atom. The molecule has 1 saturated heterocycles. The molecule has 1 N–H and O–H groups in total. The highest BCUT2D eigenvalue weighted by atomic mass is 15.3. The van der Waals surface area contributed by atoms with Gasteiger partial charge in [0.15, 0.2) is 0 Å². The Kier molecular flexibility index (Phi) is 4.68. The fourth-order valence-electron chi connectivity index (χ4n) is 3.40. The molecule has 1 fully saturated rings. The van der Waals surface area contributed by atoms with Gasteiger partial charge in [-0.15, -0.1) is 10.2 Å². The zero-order chi connectivity index (χ0) is 13.8. The van der Waals surface area contributed by atoms with Crippen LogP contribution in [0.5, 0.6) is 0 Å². The molecule has 0 aliphatic carbocycles. The summed E-state index contributed by atoms with van der Waals surface area (Å²) in [5, 5.41) is 12.2. The average molecular weight is 277 g/mol. The van der Waals surface area contributed by atoms with Gasteiger partial charge in [-0.3, -0.25) is 0 Å². The van der Waals surface area contributed by atoms with E-state index in [1.54, 1.807) is 0 Å². The molecule has 1 aromatic heterocycles. The lowest BCUT2D eigenvalue weighted by molar-refractivity contribution is 0.282. The summed E-state index contributed by atoms with van der Waals surface area (Å²) in [5.41, 5.74) is 0. The molecule has 3 heterocycles. The van der Waals surface area contributed by atoms with Crippen LogP contribution in [0.2, 0.25) is 0 Å². The molecule has 1 aromatic rings. The minimum atomic E-state index is 0.705. The van der Waals surface area contributed by atoms with Crippen molar-refractivity contribution in [2.75, 3.05) is 26.2 Å². The lowest BCUT2D eigenvalue weighted by Crippen LogP contribution is -2.32. The molecule has 2 aliphatic heterocycles. The number of aromatic nitrogens is 3. The van der Waals surface area contributed by atoms with Gasteiger partial charge in [0.2, 0.25) is 0 Å². The molecular formula is C15H27N5. The second-order valence-electron chi connectivity index (χ2n) is 6.38. The molecule has 0 amide bonds. The van der Waals surface area contributed by atoms with E-state index in [-0.39, 0.29) is 0 Å². The highest BCUT2D eigenvalue weighted by Gasteiger charge is 2.16. The van der Waals surface area contributed by atoms with Gasteiger partial charge in [0.25, 0.3) is 0 Å². The van der Waals surface area contributed by atoms with Gasteiger partial charge in [-0.1, -0.05) is 6.92 Å². The Balaban J connectivity index is 1.41. The van der Waals surface area contributed by atoms with Crippen molar-refractivity contribution in [3.63, 3.8) is 0 Å². The number of fused-ring (bicyclic) bond motifs is 1. The van der Waals surface area contributed by atoms with Crippen molar-refractivity contribution in [1.29, 1.82) is 0 Å². The fraction of sp³-hybridized carbons (Fsp3) is 0.867. The van der Waals surface area contributed by atoms with Gasteiger partial charge in [0, 0.05) is 19.5 Å². The van der Waals surface area contributed by atoms with Gasteiger partial charge in [-0.05, 0) is 51.2 Å². The third-order valence-electron chi connectivity index (χ3n) is 4.48. The number of aryl methyl sites for hydroxylation is 1. The number of rotatable bonds is 6. The number of nitrogens with zero attached hydrogens (tertiary/aromatic N) is 4. The fourth-order valence-corrected chi connectivity index (χ4v) is 3.40. The molecule has 0 aromatic carbocycles. The van der Waals surface area contributed by atoms with Crippen LogP contribution in [0.15, 0.2) is 0 Å². The van der Waals surface area contributed by atoms with E-state index in [0.29, 0.717) is 5.92 Å². The summed E-state index contributed by atoms with van der Waals surface area (Å²) in [6, 6.07) is 0. The third-order valence-corrected chi connectivity index (χ3v) is 4.48. The van der Waals surface area contributed by atoms with Crippen LogP contribution >= 0.6 is 0 Å². The van der Waals surface area contributed by atoms with Crippen LogP contribution in [-0.4, -0.2) is 45.8 Å². The SMILES string of the molecule is CC(CNCc1nnc2n1CCCC2)CN1CCCC1. The summed E-state index contributed by atoms with van der Waals surface area (Å²) in [4.78, 5) is 2.59. The van der Waals surface area contributed by atoms with Crippen molar-refractivity contribution < 1.29 is 0 Å². The Hall–Kier alpha value is -0.940. The lowest BCUT2D eigenvalue weighted by atomic mass is 10.1. The van der Waals surface area contributed by atoms with Gasteiger partial charge < -0.3 is 14.8 Å². The van der Waals surface area contributed by atoms with Gasteiger partial charge in [0.1, 0.15) is 11.6 Å². The van der Waals surface area contributed by atoms with Crippen molar-refractivity contribution in [3.05, 3.63) is 11.6 Å². The van der Waals surface area contributed by atoms with Crippen LogP contribution in [0.4, 0.5) is 0 Å². The van der Waals surface area contributed by atoms with E-state index in [9.17, 15) is 0 Å². The normalized spacial score (nSPS) is 21.1. The molecule has 0 spiro atoms. The van der Waals surface area contributed by atoms with Crippen molar-refractivity contribution in [2.45, 2.75) is 52.1 Å². The van der Waals surface area contributed by atoms with Crippen molar-refractivity contribution in [2.24, 2.45) is 5.92 Å². The van der Waals surface area contributed by atoms with E-state index in [1.165, 1.54) is 51.1 Å². The first kappa shape index (κ1) is 14.0. The number of likely N-dealkylation sites (tertiary alicyclic amines) is 1. The van der Waals surface area contributed by atoms with E-state index in [2.05, 4.69) is 31.9 Å². The third kappa shape index (κ3) is 3.38. The number of hydrogen-bond donors (Lipinski definition) is 1. The van der Waals surface area contributed by atoms with E-state index in [1.807, 2.05) is 0 Å². The monoisotopic (exact) mass is 277 g/mol. The standard InChI is InChI=1S/C15H27N5/c1-13(12-19-7-4-5-8-19)10-16-11-15-18-17-14-6-2-3-9-20(14)15/h13,16H,2-12H2,1H3. The highest BCUT2D eigenvalue weighted by molar-refractivity contribution is 4.98. The molecule has 2 aliphatic rings. The molecule has 5 nitrogen and oxygen atoms in total. The smallest absolute Gasteiger partial charge is 0.147 e. The lowest BCUT2D eigenvalue weighted by Gasteiger charge is -2.20. The second-order valence-corrected chi connectivity index (χ2v) is 6.38. The zero-order valence-electron chi connectivity index (χ0n) is 12.6. The van der Waals surface area contributed by atoms with Gasteiger partial charge >= 0.3 is 0 Å². The summed E-state index contributed by atoms with van der Waals surface area (Å²) in [7, 11) is 0. The molecule has 112 valence electrons. The van der Waals surface area contributed by atoms with Crippen molar-refractivity contribution in [1.82, 2.24) is 25.0 Å². The number of hydrogen-bond acceptors (Lipinski definition) is 4. The quantitative estimate of drug-likeness (QED) is 0.854. The highest BCUT2D eigenvalue weighted by Crippen LogP contribution is 2.14. The Bertz CT molecular complexity index is 422. The topological polar surface area (TPSA) is 46.0 Å². The largest absolute Gasteiger partial charge is 0.314 e. The molecule has 0 saturated carbocycles. The molecule has 3 rings (SSSR count). The van der Waals surface area contributed by atoms with Crippen LogP contribution in [0.25, 0.3) is 0 Å². The molecule has 5 heteroatoms. The van der Waals surface area contributed by atoms with E-state index >= 15 is 0 Å². The minimum Gasteiger partial charge on any atom is -0.314 e. The van der Waals surface area contributed by atoms with Crippen LogP contribution in [0.3, 0.4) is 0 Å². The molecule has 1 atom stereocenters. The van der Waals surface area contributed by atoms with Crippen LogP contribution < -0.4 is 5.32 Å². The van der Waals surface area contributed by atoms with E-state index in [4.69, 9.17) is 0 Å². The first-order valence-corrected chi connectivity index (χ1v) is 8.17. The van der Waals surface area contributed by atoms with E-state index in [0.717, 1.165) is 31.9 Å². The summed E-state index contributed by atoms with van der Waals surface area (Å²) in [5.74, 6) is 3.00. The molecule has 0 bridgehead atoms. The van der Waals surface area contributed by atoms with Crippen molar-refractivity contribution in [3.8, 4) is 0 Å².